The van der Waals surface area contributed by atoms with Gasteiger partial charge in [-0.25, -0.2) is 9.97 Å². The third-order valence-electron chi connectivity index (χ3n) is 4.73. The monoisotopic (exact) mass is 385 g/mol. The summed E-state index contributed by atoms with van der Waals surface area (Å²) in [5.74, 6) is 0.456. The molecule has 29 heavy (non-hydrogen) atoms. The van der Waals surface area contributed by atoms with Gasteiger partial charge in [0.1, 0.15) is 5.69 Å². The zero-order valence-corrected chi connectivity index (χ0v) is 15.7. The van der Waals surface area contributed by atoms with Crippen LogP contribution in [0.15, 0.2) is 61.1 Å². The highest BCUT2D eigenvalue weighted by Crippen LogP contribution is 2.19. The number of rotatable bonds is 4. The average molecular weight is 385 g/mol. The molecular formula is C21H19N7O. The quantitative estimate of drug-likeness (QED) is 0.736. The number of pyridine rings is 1. The summed E-state index contributed by atoms with van der Waals surface area (Å²) in [6.45, 7) is 3.22. The summed E-state index contributed by atoms with van der Waals surface area (Å²) in [5, 5.41) is 11.7. The molecule has 1 amide bonds. The summed E-state index contributed by atoms with van der Waals surface area (Å²) in [6.07, 6.45) is 5.14. The van der Waals surface area contributed by atoms with Crippen LogP contribution in [0.3, 0.4) is 0 Å². The number of hydrogen-bond donors (Lipinski definition) is 1. The van der Waals surface area contributed by atoms with Crippen LogP contribution in [0.5, 0.6) is 0 Å². The molecular weight excluding hydrogens is 366 g/mol. The largest absolute Gasteiger partial charge is 0.368 e. The molecule has 1 fully saturated rings. The number of hydrogen-bond acceptors (Lipinski definition) is 7. The molecule has 144 valence electrons. The third kappa shape index (κ3) is 4.30. The van der Waals surface area contributed by atoms with Gasteiger partial charge in [0.15, 0.2) is 0 Å². The lowest BCUT2D eigenvalue weighted by atomic mass is 10.2. The number of carbonyl (C=O) groups is 1. The molecule has 0 spiro atoms. The molecule has 1 aromatic carbocycles. The van der Waals surface area contributed by atoms with E-state index < -0.39 is 0 Å². The number of amides is 1. The molecule has 3 aromatic rings. The molecule has 8 nitrogen and oxygen atoms in total. The second-order valence-electron chi connectivity index (χ2n) is 6.57. The van der Waals surface area contributed by atoms with Crippen molar-refractivity contribution >= 4 is 23.2 Å². The Kier molecular flexibility index (Phi) is 5.29. The highest BCUT2D eigenvalue weighted by molar-refractivity contribution is 6.03. The van der Waals surface area contributed by atoms with Crippen LogP contribution in [0, 0.1) is 11.3 Å². The van der Waals surface area contributed by atoms with Gasteiger partial charge in [-0.15, -0.1) is 0 Å². The van der Waals surface area contributed by atoms with E-state index in [4.69, 9.17) is 5.26 Å². The Morgan fingerprint density at radius 3 is 2.31 bits per heavy atom. The van der Waals surface area contributed by atoms with Crippen LogP contribution in [-0.2, 0) is 0 Å². The lowest BCUT2D eigenvalue weighted by molar-refractivity contribution is 0.102. The molecule has 0 radical (unpaired) electrons. The fraction of sp³-hybridized carbons (Fsp3) is 0.190. The third-order valence-corrected chi connectivity index (χ3v) is 4.73. The molecule has 1 aliphatic rings. The molecule has 0 bridgehead atoms. The van der Waals surface area contributed by atoms with Gasteiger partial charge in [-0.05, 0) is 42.5 Å². The SMILES string of the molecule is N#Cc1ccc(NC(=O)c2cc(N3CCN(c4ncccn4)CC3)ccn2)cc1. The Morgan fingerprint density at radius 2 is 1.62 bits per heavy atom. The van der Waals surface area contributed by atoms with Crippen LogP contribution in [0.4, 0.5) is 17.3 Å². The van der Waals surface area contributed by atoms with Crippen molar-refractivity contribution in [1.82, 2.24) is 15.0 Å². The van der Waals surface area contributed by atoms with E-state index in [2.05, 4.69) is 36.1 Å². The Labute approximate surface area is 168 Å². The summed E-state index contributed by atoms with van der Waals surface area (Å²) in [4.78, 5) is 29.7. The fourth-order valence-corrected chi connectivity index (χ4v) is 3.18. The Balaban J connectivity index is 1.41. The maximum Gasteiger partial charge on any atom is 0.274 e. The van der Waals surface area contributed by atoms with Crippen molar-refractivity contribution in [2.45, 2.75) is 0 Å². The highest BCUT2D eigenvalue weighted by atomic mass is 16.1. The molecule has 0 saturated carbocycles. The van der Waals surface area contributed by atoms with Crippen LogP contribution in [-0.4, -0.2) is 47.0 Å². The van der Waals surface area contributed by atoms with Crippen molar-refractivity contribution < 1.29 is 4.79 Å². The zero-order valence-electron chi connectivity index (χ0n) is 15.7. The van der Waals surface area contributed by atoms with E-state index >= 15 is 0 Å². The number of piperazine rings is 1. The summed E-state index contributed by atoms with van der Waals surface area (Å²) >= 11 is 0. The maximum atomic E-state index is 12.6. The Bertz CT molecular complexity index is 1020. The van der Waals surface area contributed by atoms with Crippen molar-refractivity contribution in [1.29, 1.82) is 5.26 Å². The average Bonchev–Trinajstić information content (AvgIpc) is 2.80. The van der Waals surface area contributed by atoms with Crippen molar-refractivity contribution in [3.63, 3.8) is 0 Å². The van der Waals surface area contributed by atoms with Gasteiger partial charge in [0.05, 0.1) is 11.6 Å². The van der Waals surface area contributed by atoms with Gasteiger partial charge in [-0.2, -0.15) is 5.26 Å². The van der Waals surface area contributed by atoms with Crippen LogP contribution in [0.25, 0.3) is 0 Å². The predicted molar refractivity (Wildman–Crippen MR) is 110 cm³/mol. The van der Waals surface area contributed by atoms with Gasteiger partial charge < -0.3 is 15.1 Å². The van der Waals surface area contributed by atoms with E-state index in [1.807, 2.05) is 6.07 Å². The van der Waals surface area contributed by atoms with Crippen molar-refractivity contribution in [2.75, 3.05) is 41.3 Å². The van der Waals surface area contributed by atoms with Gasteiger partial charge in [0.2, 0.25) is 5.95 Å². The minimum Gasteiger partial charge on any atom is -0.368 e. The smallest absolute Gasteiger partial charge is 0.274 e. The highest BCUT2D eigenvalue weighted by Gasteiger charge is 2.20. The number of anilines is 3. The van der Waals surface area contributed by atoms with Crippen LogP contribution in [0.2, 0.25) is 0 Å². The molecule has 8 heteroatoms. The number of nitrogens with zero attached hydrogens (tertiary/aromatic N) is 6. The summed E-state index contributed by atoms with van der Waals surface area (Å²) in [6, 6.07) is 14.3. The molecule has 1 aliphatic heterocycles. The van der Waals surface area contributed by atoms with Crippen LogP contribution >= 0.6 is 0 Å². The molecule has 2 aromatic heterocycles. The minimum absolute atomic E-state index is 0.284. The lowest BCUT2D eigenvalue weighted by Gasteiger charge is -2.36. The van der Waals surface area contributed by atoms with Gasteiger partial charge in [-0.1, -0.05) is 0 Å². The van der Waals surface area contributed by atoms with Gasteiger partial charge in [0.25, 0.3) is 5.91 Å². The zero-order chi connectivity index (χ0) is 20.1. The first-order valence-corrected chi connectivity index (χ1v) is 9.27. The maximum absolute atomic E-state index is 12.6. The van der Waals surface area contributed by atoms with E-state index in [-0.39, 0.29) is 5.91 Å². The second-order valence-corrected chi connectivity index (χ2v) is 6.57. The first-order chi connectivity index (χ1) is 14.2. The molecule has 4 rings (SSSR count). The molecule has 1 saturated heterocycles. The van der Waals surface area contributed by atoms with E-state index in [9.17, 15) is 4.79 Å². The number of aromatic nitrogens is 3. The van der Waals surface area contributed by atoms with Gasteiger partial charge in [-0.3, -0.25) is 9.78 Å². The van der Waals surface area contributed by atoms with Crippen molar-refractivity contribution in [3.8, 4) is 6.07 Å². The molecule has 3 heterocycles. The molecule has 0 aliphatic carbocycles. The van der Waals surface area contributed by atoms with E-state index in [1.54, 1.807) is 55.0 Å². The molecule has 0 unspecified atom stereocenters. The fourth-order valence-electron chi connectivity index (χ4n) is 3.18. The number of carbonyl (C=O) groups excluding carboxylic acids is 1. The summed E-state index contributed by atoms with van der Waals surface area (Å²) in [5.41, 5.74) is 2.47. The topological polar surface area (TPSA) is 98.0 Å². The number of benzene rings is 1. The predicted octanol–water partition coefficient (Wildman–Crippen LogP) is 2.32. The van der Waals surface area contributed by atoms with E-state index in [1.165, 1.54) is 0 Å². The van der Waals surface area contributed by atoms with Gasteiger partial charge in [0, 0.05) is 56.1 Å². The minimum atomic E-state index is -0.284. The molecule has 0 atom stereocenters. The first kappa shape index (κ1) is 18.4. The van der Waals surface area contributed by atoms with Crippen molar-refractivity contribution in [3.05, 3.63) is 72.3 Å². The Hall–Kier alpha value is -3.99. The van der Waals surface area contributed by atoms with Crippen molar-refractivity contribution in [2.24, 2.45) is 0 Å². The number of nitriles is 1. The van der Waals surface area contributed by atoms with Gasteiger partial charge >= 0.3 is 0 Å². The normalized spacial score (nSPS) is 13.6. The number of nitrogens with one attached hydrogen (secondary N) is 1. The second kappa shape index (κ2) is 8.35. The van der Waals surface area contributed by atoms with E-state index in [0.29, 0.717) is 16.9 Å². The van der Waals surface area contributed by atoms with Crippen LogP contribution < -0.4 is 15.1 Å². The summed E-state index contributed by atoms with van der Waals surface area (Å²) < 4.78 is 0. The lowest BCUT2D eigenvalue weighted by Crippen LogP contribution is -2.47. The van der Waals surface area contributed by atoms with E-state index in [0.717, 1.165) is 37.8 Å². The summed E-state index contributed by atoms with van der Waals surface area (Å²) in [7, 11) is 0. The standard InChI is InChI=1S/C21H19N7O/c22-15-16-2-4-17(5-3-16)26-20(29)19-14-18(6-9-23-19)27-10-12-28(13-11-27)21-24-7-1-8-25-21/h1-9,14H,10-13H2,(H,26,29). The first-order valence-electron chi connectivity index (χ1n) is 9.27. The van der Waals surface area contributed by atoms with Crippen LogP contribution in [0.1, 0.15) is 16.1 Å². The molecule has 1 N–H and O–H groups in total. The Morgan fingerprint density at radius 1 is 0.931 bits per heavy atom.